The van der Waals surface area contributed by atoms with Gasteiger partial charge >= 0.3 is 0 Å². The van der Waals surface area contributed by atoms with Gasteiger partial charge in [-0.1, -0.05) is 35.5 Å². The molecule has 2 aromatic heterocycles. The highest BCUT2D eigenvalue weighted by Gasteiger charge is 2.28. The summed E-state index contributed by atoms with van der Waals surface area (Å²) in [4.78, 5) is 4.30. The highest BCUT2D eigenvalue weighted by molar-refractivity contribution is 7.98. The van der Waals surface area contributed by atoms with Gasteiger partial charge in [-0.3, -0.25) is 0 Å². The largest absolute Gasteiger partial charge is 0.440 e. The summed E-state index contributed by atoms with van der Waals surface area (Å²) in [5, 5.41) is 13.3. The van der Waals surface area contributed by atoms with Crippen LogP contribution in [-0.4, -0.2) is 25.2 Å². The van der Waals surface area contributed by atoms with Crippen molar-refractivity contribution in [3.8, 4) is 11.3 Å². The van der Waals surface area contributed by atoms with E-state index in [9.17, 15) is 0 Å². The molecule has 0 saturated heterocycles. The summed E-state index contributed by atoms with van der Waals surface area (Å²) < 4.78 is 7.65. The number of hydrogen-bond donors (Lipinski definition) is 0. The Morgan fingerprint density at radius 3 is 3.09 bits per heavy atom. The van der Waals surface area contributed by atoms with Crippen LogP contribution < -0.4 is 0 Å². The van der Waals surface area contributed by atoms with Crippen molar-refractivity contribution in [2.75, 3.05) is 0 Å². The van der Waals surface area contributed by atoms with Crippen molar-refractivity contribution in [1.82, 2.24) is 25.2 Å². The van der Waals surface area contributed by atoms with Crippen LogP contribution in [0.15, 0.2) is 40.0 Å². The lowest BCUT2D eigenvalue weighted by atomic mass is 10.2. The Labute approximate surface area is 135 Å². The average Bonchev–Trinajstić information content (AvgIpc) is 3.08. The van der Waals surface area contributed by atoms with E-state index in [1.165, 1.54) is 11.8 Å². The molecule has 0 N–H and O–H groups in total. The van der Waals surface area contributed by atoms with Crippen LogP contribution in [0.4, 0.5) is 0 Å². The second kappa shape index (κ2) is 5.73. The van der Waals surface area contributed by atoms with Gasteiger partial charge < -0.3 is 4.42 Å². The normalized spacial score (nSPS) is 14.4. The van der Waals surface area contributed by atoms with Crippen molar-refractivity contribution in [2.24, 2.45) is 0 Å². The molecule has 3 aromatic rings. The van der Waals surface area contributed by atoms with Crippen molar-refractivity contribution in [1.29, 1.82) is 0 Å². The summed E-state index contributed by atoms with van der Waals surface area (Å²) >= 11 is 7.52. The zero-order chi connectivity index (χ0) is 14.9. The molecule has 1 aliphatic carbocycles. The minimum absolute atomic E-state index is 0.462. The van der Waals surface area contributed by atoms with Crippen LogP contribution in [0.5, 0.6) is 0 Å². The van der Waals surface area contributed by atoms with Crippen LogP contribution in [0.2, 0.25) is 5.02 Å². The molecule has 0 unspecified atom stereocenters. The molecule has 0 aliphatic heterocycles. The van der Waals surface area contributed by atoms with Crippen LogP contribution in [-0.2, 0) is 5.75 Å². The topological polar surface area (TPSA) is 69.6 Å². The van der Waals surface area contributed by atoms with Crippen molar-refractivity contribution in [3.05, 3.63) is 41.4 Å². The number of benzene rings is 1. The van der Waals surface area contributed by atoms with Gasteiger partial charge in [0.05, 0.1) is 18.0 Å². The molecule has 1 aliphatic rings. The number of aromatic nitrogens is 5. The third-order valence-corrected chi connectivity index (χ3v) is 4.50. The van der Waals surface area contributed by atoms with Crippen molar-refractivity contribution in [3.63, 3.8) is 0 Å². The van der Waals surface area contributed by atoms with E-state index in [4.69, 9.17) is 16.0 Å². The molecule has 8 heteroatoms. The highest BCUT2D eigenvalue weighted by atomic mass is 35.5. The van der Waals surface area contributed by atoms with E-state index >= 15 is 0 Å². The quantitative estimate of drug-likeness (QED) is 0.664. The van der Waals surface area contributed by atoms with E-state index in [2.05, 4.69) is 20.5 Å². The predicted octanol–water partition coefficient (Wildman–Crippen LogP) is 3.61. The average molecular weight is 334 g/mol. The third kappa shape index (κ3) is 2.86. The minimum Gasteiger partial charge on any atom is -0.440 e. The van der Waals surface area contributed by atoms with Crippen LogP contribution >= 0.6 is 23.4 Å². The van der Waals surface area contributed by atoms with Gasteiger partial charge in [0.1, 0.15) is 0 Å². The second-order valence-corrected chi connectivity index (χ2v) is 6.43. The van der Waals surface area contributed by atoms with E-state index in [0.717, 1.165) is 23.6 Å². The summed E-state index contributed by atoms with van der Waals surface area (Å²) in [5.41, 5.74) is 0.916. The minimum atomic E-state index is 0.462. The van der Waals surface area contributed by atoms with Gasteiger partial charge in [0.25, 0.3) is 0 Å². The van der Waals surface area contributed by atoms with Gasteiger partial charge in [0, 0.05) is 10.6 Å². The number of nitrogens with zero attached hydrogens (tertiary/aromatic N) is 5. The summed E-state index contributed by atoms with van der Waals surface area (Å²) in [6.07, 6.45) is 4.01. The molecule has 0 radical (unpaired) electrons. The molecule has 0 atom stereocenters. The number of tetrazole rings is 1. The van der Waals surface area contributed by atoms with Crippen LogP contribution in [0, 0.1) is 0 Å². The van der Waals surface area contributed by atoms with Gasteiger partial charge in [-0.2, -0.15) is 0 Å². The first kappa shape index (κ1) is 13.8. The van der Waals surface area contributed by atoms with E-state index < -0.39 is 0 Å². The Bertz CT molecular complexity index is 798. The molecule has 0 bridgehead atoms. The Balaban J connectivity index is 1.47. The standard InChI is InChI=1S/C14H12ClN5OS/c15-10-3-1-2-9(6-10)12-7-16-13(21-12)8-22-14-17-18-19-20(14)11-4-5-11/h1-3,6-7,11H,4-5,8H2. The maximum atomic E-state index is 5.99. The lowest BCUT2D eigenvalue weighted by molar-refractivity contribution is 0.528. The maximum absolute atomic E-state index is 5.99. The van der Waals surface area contributed by atoms with E-state index in [1.54, 1.807) is 6.20 Å². The summed E-state index contributed by atoms with van der Waals surface area (Å²) in [5.74, 6) is 1.94. The molecule has 1 aromatic carbocycles. The molecular weight excluding hydrogens is 322 g/mol. The third-order valence-electron chi connectivity index (χ3n) is 3.34. The fourth-order valence-electron chi connectivity index (χ4n) is 2.11. The first-order valence-electron chi connectivity index (χ1n) is 6.91. The fourth-order valence-corrected chi connectivity index (χ4v) is 3.10. The van der Waals surface area contributed by atoms with Crippen molar-refractivity contribution in [2.45, 2.75) is 29.8 Å². The number of rotatable bonds is 5. The van der Waals surface area contributed by atoms with Gasteiger partial charge in [0.2, 0.25) is 11.0 Å². The molecule has 112 valence electrons. The molecule has 0 spiro atoms. The van der Waals surface area contributed by atoms with Gasteiger partial charge in [-0.05, 0) is 35.4 Å². The summed E-state index contributed by atoms with van der Waals surface area (Å²) in [7, 11) is 0. The maximum Gasteiger partial charge on any atom is 0.210 e. The monoisotopic (exact) mass is 333 g/mol. The van der Waals surface area contributed by atoms with Gasteiger partial charge in [0.15, 0.2) is 5.76 Å². The number of halogens is 1. The Kier molecular flexibility index (Phi) is 3.59. The molecule has 2 heterocycles. The molecular formula is C14H12ClN5OS. The Morgan fingerprint density at radius 1 is 1.36 bits per heavy atom. The van der Waals surface area contributed by atoms with Crippen LogP contribution in [0.3, 0.4) is 0 Å². The summed E-state index contributed by atoms with van der Waals surface area (Å²) in [6, 6.07) is 7.97. The van der Waals surface area contributed by atoms with E-state index in [0.29, 0.717) is 28.5 Å². The first-order chi connectivity index (χ1) is 10.8. The lowest BCUT2D eigenvalue weighted by Gasteiger charge is -2.00. The number of hydrogen-bond acceptors (Lipinski definition) is 6. The highest BCUT2D eigenvalue weighted by Crippen LogP contribution is 2.37. The molecule has 0 amide bonds. The number of thioether (sulfide) groups is 1. The lowest BCUT2D eigenvalue weighted by Crippen LogP contribution is -1.98. The molecule has 22 heavy (non-hydrogen) atoms. The zero-order valence-electron chi connectivity index (χ0n) is 11.5. The van der Waals surface area contributed by atoms with Crippen molar-refractivity contribution >= 4 is 23.4 Å². The predicted molar refractivity (Wildman–Crippen MR) is 82.6 cm³/mol. The smallest absolute Gasteiger partial charge is 0.210 e. The SMILES string of the molecule is Clc1cccc(-c2cnc(CSc3nnnn3C3CC3)o2)c1. The van der Waals surface area contributed by atoms with Crippen LogP contribution in [0.1, 0.15) is 24.8 Å². The molecule has 4 rings (SSSR count). The van der Waals surface area contributed by atoms with E-state index in [-0.39, 0.29) is 0 Å². The summed E-state index contributed by atoms with van der Waals surface area (Å²) in [6.45, 7) is 0. The Morgan fingerprint density at radius 2 is 2.27 bits per heavy atom. The first-order valence-corrected chi connectivity index (χ1v) is 8.27. The van der Waals surface area contributed by atoms with E-state index in [1.807, 2.05) is 28.9 Å². The number of oxazole rings is 1. The fraction of sp³-hybridized carbons (Fsp3) is 0.286. The van der Waals surface area contributed by atoms with Crippen LogP contribution in [0.25, 0.3) is 11.3 Å². The van der Waals surface area contributed by atoms with Crippen molar-refractivity contribution < 1.29 is 4.42 Å². The van der Waals surface area contributed by atoms with Gasteiger partial charge in [-0.25, -0.2) is 9.67 Å². The molecule has 6 nitrogen and oxygen atoms in total. The second-order valence-electron chi connectivity index (χ2n) is 5.05. The Hall–Kier alpha value is -1.86. The van der Waals surface area contributed by atoms with Gasteiger partial charge in [-0.15, -0.1) is 5.10 Å². The molecule has 1 saturated carbocycles. The molecule has 1 fully saturated rings. The zero-order valence-corrected chi connectivity index (χ0v) is 13.1.